The predicted molar refractivity (Wildman–Crippen MR) is 57.7 cm³/mol. The highest BCUT2D eigenvalue weighted by Gasteiger charge is 2.83. The molecule has 0 aromatic carbocycles. The second-order valence-corrected chi connectivity index (χ2v) is 4.62. The number of halogens is 13. The number of rotatable bonds is 7. The van der Waals surface area contributed by atoms with Gasteiger partial charge in [-0.2, -0.15) is 52.7 Å². The molecule has 0 aliphatic carbocycles. The second-order valence-electron chi connectivity index (χ2n) is 4.62. The molecule has 0 saturated heterocycles. The van der Waals surface area contributed by atoms with Crippen LogP contribution in [0.4, 0.5) is 57.1 Å². The summed E-state index contributed by atoms with van der Waals surface area (Å²) in [6, 6.07) is 0. The zero-order valence-corrected chi connectivity index (χ0v) is 12.3. The van der Waals surface area contributed by atoms with Gasteiger partial charge in [0, 0.05) is 13.0 Å². The van der Waals surface area contributed by atoms with Crippen LogP contribution < -0.4 is 0 Å². The van der Waals surface area contributed by atoms with Gasteiger partial charge in [0.25, 0.3) is 0 Å². The lowest BCUT2D eigenvalue weighted by atomic mass is 9.99. The molecule has 0 radical (unpaired) electrons. The Labute approximate surface area is 140 Å². The van der Waals surface area contributed by atoms with E-state index in [-0.39, 0.29) is 0 Å². The number of hydrogen-bond donors (Lipinski definition) is 1. The molecule has 16 heteroatoms. The minimum absolute atomic E-state index is 0.628. The van der Waals surface area contributed by atoms with Gasteiger partial charge in [-0.25, -0.2) is 9.18 Å². The first kappa shape index (κ1) is 25.3. The Bertz CT molecular complexity index is 573. The monoisotopic (exact) mass is 434 g/mol. The molecule has 0 aliphatic heterocycles. The molecular formula is C11H7F13O3. The summed E-state index contributed by atoms with van der Waals surface area (Å²) in [6.07, 6.45) is -14.6. The van der Waals surface area contributed by atoms with Crippen LogP contribution in [0, 0.1) is 0 Å². The number of alkyl halides is 12. The molecule has 0 atom stereocenters. The summed E-state index contributed by atoms with van der Waals surface area (Å²) in [5, 5.41) is 8.28. The number of hydrogen-bond acceptors (Lipinski definition) is 3. The number of aliphatic hydroxyl groups is 1. The van der Waals surface area contributed by atoms with E-state index in [0.717, 1.165) is 0 Å². The summed E-state index contributed by atoms with van der Waals surface area (Å²) in [5.41, 5.74) is -3.84. The van der Waals surface area contributed by atoms with Gasteiger partial charge in [-0.05, 0) is 0 Å². The minimum Gasteiger partial charge on any atom is -0.462 e. The fourth-order valence-corrected chi connectivity index (χ4v) is 1.30. The van der Waals surface area contributed by atoms with Crippen molar-refractivity contribution < 1.29 is 71.7 Å². The average molecular weight is 434 g/mol. The summed E-state index contributed by atoms with van der Waals surface area (Å²) in [5.74, 6) is -30.5. The van der Waals surface area contributed by atoms with Crippen LogP contribution in [0.15, 0.2) is 11.4 Å². The first-order valence-corrected chi connectivity index (χ1v) is 6.22. The number of ether oxygens (including phenoxy) is 1. The summed E-state index contributed by atoms with van der Waals surface area (Å²) in [6.45, 7) is -2.02. The van der Waals surface area contributed by atoms with Crippen LogP contribution in [0.1, 0.15) is 6.42 Å². The van der Waals surface area contributed by atoms with Crippen LogP contribution in [0.5, 0.6) is 0 Å². The number of esters is 1. The molecule has 0 heterocycles. The van der Waals surface area contributed by atoms with Crippen LogP contribution in [-0.4, -0.2) is 54.4 Å². The van der Waals surface area contributed by atoms with E-state index in [9.17, 15) is 61.9 Å². The van der Waals surface area contributed by atoms with Crippen molar-refractivity contribution in [2.75, 3.05) is 13.2 Å². The summed E-state index contributed by atoms with van der Waals surface area (Å²) < 4.78 is 168. The lowest BCUT2D eigenvalue weighted by Gasteiger charge is -2.33. The van der Waals surface area contributed by atoms with Crippen molar-refractivity contribution in [1.82, 2.24) is 0 Å². The predicted octanol–water partition coefficient (Wildman–Crippen LogP) is 4.17. The zero-order chi connectivity index (χ0) is 22.1. The molecule has 0 aromatic heterocycles. The maximum atomic E-state index is 13.4. The molecule has 0 fully saturated rings. The fourth-order valence-electron chi connectivity index (χ4n) is 1.30. The lowest BCUT2D eigenvalue weighted by molar-refractivity contribution is -0.391. The first-order valence-electron chi connectivity index (χ1n) is 6.22. The normalized spacial score (nSPS) is 15.5. The van der Waals surface area contributed by atoms with Gasteiger partial charge in [0.1, 0.15) is 0 Å². The van der Waals surface area contributed by atoms with Gasteiger partial charge >= 0.3 is 36.1 Å². The molecule has 27 heavy (non-hydrogen) atoms. The molecule has 3 nitrogen and oxygen atoms in total. The zero-order valence-electron chi connectivity index (χ0n) is 12.3. The molecule has 0 unspecified atom stereocenters. The van der Waals surface area contributed by atoms with Gasteiger partial charge in [-0.3, -0.25) is 0 Å². The molecule has 0 bridgehead atoms. The molecule has 0 amide bonds. The Kier molecular flexibility index (Phi) is 7.21. The molecule has 0 rings (SSSR count). The fraction of sp³-hybridized carbons (Fsp3) is 0.727. The van der Waals surface area contributed by atoms with E-state index in [4.69, 9.17) is 5.11 Å². The lowest BCUT2D eigenvalue weighted by Crippen LogP contribution is -2.61. The van der Waals surface area contributed by atoms with E-state index in [1.54, 1.807) is 0 Å². The number of allylic oxidation sites excluding steroid dienone is 1. The van der Waals surface area contributed by atoms with E-state index >= 15 is 0 Å². The third kappa shape index (κ3) is 4.76. The number of carbonyl (C=O) groups excluding carboxylic acids is 1. The van der Waals surface area contributed by atoms with Crippen molar-refractivity contribution >= 4 is 5.97 Å². The van der Waals surface area contributed by atoms with Gasteiger partial charge in [0.15, 0.2) is 11.4 Å². The number of aliphatic hydroxyl groups excluding tert-OH is 1. The van der Waals surface area contributed by atoms with Crippen LogP contribution in [0.2, 0.25) is 0 Å². The molecule has 0 saturated carbocycles. The van der Waals surface area contributed by atoms with Crippen molar-refractivity contribution in [1.29, 1.82) is 0 Å². The van der Waals surface area contributed by atoms with Crippen molar-refractivity contribution in [3.8, 4) is 0 Å². The molecule has 0 aliphatic rings. The molecule has 160 valence electrons. The third-order valence-electron chi connectivity index (χ3n) is 2.66. The molecule has 0 spiro atoms. The highest BCUT2D eigenvalue weighted by Crippen LogP contribution is 2.56. The summed E-state index contributed by atoms with van der Waals surface area (Å²) >= 11 is 0. The third-order valence-corrected chi connectivity index (χ3v) is 2.66. The van der Waals surface area contributed by atoms with E-state index in [1.165, 1.54) is 0 Å². The van der Waals surface area contributed by atoms with Gasteiger partial charge in [0.05, 0.1) is 6.61 Å². The second kappa shape index (κ2) is 7.71. The maximum absolute atomic E-state index is 13.4. The Balaban J connectivity index is 6.40. The summed E-state index contributed by atoms with van der Waals surface area (Å²) in [4.78, 5) is 11.0. The summed E-state index contributed by atoms with van der Waals surface area (Å²) in [7, 11) is 0. The Morgan fingerprint density at radius 3 is 1.59 bits per heavy atom. The topological polar surface area (TPSA) is 46.5 Å². The Morgan fingerprint density at radius 1 is 0.815 bits per heavy atom. The van der Waals surface area contributed by atoms with Gasteiger partial charge < -0.3 is 9.84 Å². The smallest absolute Gasteiger partial charge is 0.460 e. The van der Waals surface area contributed by atoms with Gasteiger partial charge in [0.2, 0.25) is 0 Å². The quantitative estimate of drug-likeness (QED) is 0.283. The van der Waals surface area contributed by atoms with Gasteiger partial charge in [-0.1, -0.05) is 0 Å². The van der Waals surface area contributed by atoms with E-state index in [2.05, 4.69) is 4.74 Å². The average Bonchev–Trinajstić information content (AvgIpc) is 2.44. The van der Waals surface area contributed by atoms with Crippen LogP contribution in [0.25, 0.3) is 0 Å². The Hall–Kier alpha value is -1.74. The molecule has 0 aromatic rings. The largest absolute Gasteiger partial charge is 0.462 e. The SMILES string of the molecule is O=C(OCCCO)C(=C(F)C(F)(F)C(F)(F)C(F)(F)C(F)(F)F)C(F)(F)F. The highest BCUT2D eigenvalue weighted by molar-refractivity contribution is 5.90. The van der Waals surface area contributed by atoms with Crippen LogP contribution in [0.3, 0.4) is 0 Å². The highest BCUT2D eigenvalue weighted by atomic mass is 19.4. The van der Waals surface area contributed by atoms with Crippen LogP contribution in [-0.2, 0) is 9.53 Å². The molecular weight excluding hydrogens is 427 g/mol. The van der Waals surface area contributed by atoms with E-state index in [1.807, 2.05) is 0 Å². The van der Waals surface area contributed by atoms with E-state index < -0.39 is 67.1 Å². The maximum Gasteiger partial charge on any atom is 0.460 e. The van der Waals surface area contributed by atoms with E-state index in [0.29, 0.717) is 0 Å². The van der Waals surface area contributed by atoms with Crippen molar-refractivity contribution in [2.24, 2.45) is 0 Å². The van der Waals surface area contributed by atoms with Crippen molar-refractivity contribution in [2.45, 2.75) is 36.5 Å². The van der Waals surface area contributed by atoms with Crippen molar-refractivity contribution in [3.63, 3.8) is 0 Å². The molecule has 1 N–H and O–H groups in total. The standard InChI is InChI=1S/C11H7F13O3/c12-5(4(8(15,16)17)6(26)27-3-1-2-25)7(13,14)9(18,19)10(20,21)11(22,23)24/h25H,1-3H2. The Morgan fingerprint density at radius 2 is 1.26 bits per heavy atom. The van der Waals surface area contributed by atoms with Gasteiger partial charge in [-0.15, -0.1) is 0 Å². The number of carbonyl (C=O) groups is 1. The van der Waals surface area contributed by atoms with Crippen molar-refractivity contribution in [3.05, 3.63) is 11.4 Å². The minimum atomic E-state index is -7.75. The van der Waals surface area contributed by atoms with Crippen LogP contribution >= 0.6 is 0 Å². The first-order chi connectivity index (χ1) is 11.8.